The van der Waals surface area contributed by atoms with Crippen molar-refractivity contribution in [3.05, 3.63) is 69.9 Å². The molecule has 0 saturated heterocycles. The number of benzene rings is 2. The van der Waals surface area contributed by atoms with Crippen LogP contribution in [0, 0.1) is 6.92 Å². The van der Waals surface area contributed by atoms with E-state index in [2.05, 4.69) is 0 Å². The minimum atomic E-state index is -0.711. The Labute approximate surface area is 181 Å². The third-order valence-corrected chi connectivity index (χ3v) is 5.13. The quantitative estimate of drug-likeness (QED) is 0.545. The van der Waals surface area contributed by atoms with E-state index in [1.807, 2.05) is 58.0 Å². The summed E-state index contributed by atoms with van der Waals surface area (Å²) in [6.07, 6.45) is 0. The molecule has 31 heavy (non-hydrogen) atoms. The molecular formula is C25H27NO5. The van der Waals surface area contributed by atoms with Gasteiger partial charge >= 0.3 is 5.97 Å². The van der Waals surface area contributed by atoms with Crippen LogP contribution in [0.2, 0.25) is 0 Å². The Morgan fingerprint density at radius 1 is 0.968 bits per heavy atom. The molecule has 0 atom stereocenters. The molecule has 2 aromatic carbocycles. The summed E-state index contributed by atoms with van der Waals surface area (Å²) in [4.78, 5) is 39.9. The lowest BCUT2D eigenvalue weighted by atomic mass is 10.0. The zero-order valence-electron chi connectivity index (χ0n) is 18.5. The third kappa shape index (κ3) is 4.53. The summed E-state index contributed by atoms with van der Waals surface area (Å²) in [5.41, 5.74) is 1.25. The Kier molecular flexibility index (Phi) is 6.59. The lowest BCUT2D eigenvalue weighted by molar-refractivity contribution is -0.138. The van der Waals surface area contributed by atoms with Gasteiger partial charge in [-0.15, -0.1) is 0 Å². The van der Waals surface area contributed by atoms with E-state index in [1.165, 1.54) is 6.07 Å². The van der Waals surface area contributed by atoms with Crippen molar-refractivity contribution in [2.75, 3.05) is 6.61 Å². The van der Waals surface area contributed by atoms with Gasteiger partial charge in [-0.3, -0.25) is 9.59 Å². The minimum absolute atomic E-state index is 0.0156. The lowest BCUT2D eigenvalue weighted by Gasteiger charge is -2.30. The first kappa shape index (κ1) is 22.3. The van der Waals surface area contributed by atoms with Gasteiger partial charge in [0.05, 0.1) is 5.39 Å². The summed E-state index contributed by atoms with van der Waals surface area (Å²) < 4.78 is 11.3. The Morgan fingerprint density at radius 2 is 1.61 bits per heavy atom. The highest BCUT2D eigenvalue weighted by Crippen LogP contribution is 2.27. The van der Waals surface area contributed by atoms with Crippen molar-refractivity contribution in [1.29, 1.82) is 0 Å². The molecule has 1 aromatic heterocycles. The number of hydrogen-bond donors (Lipinski definition) is 0. The molecule has 0 aliphatic carbocycles. The Balaban J connectivity index is 1.97. The van der Waals surface area contributed by atoms with E-state index in [9.17, 15) is 14.4 Å². The highest BCUT2D eigenvalue weighted by atomic mass is 16.5. The summed E-state index contributed by atoms with van der Waals surface area (Å²) in [5, 5.41) is 0.295. The van der Waals surface area contributed by atoms with Gasteiger partial charge in [-0.05, 0) is 46.8 Å². The maximum Gasteiger partial charge on any atom is 0.342 e. The van der Waals surface area contributed by atoms with Crippen molar-refractivity contribution in [3.63, 3.8) is 0 Å². The summed E-state index contributed by atoms with van der Waals surface area (Å²) >= 11 is 0. The van der Waals surface area contributed by atoms with Gasteiger partial charge < -0.3 is 14.1 Å². The first-order valence-corrected chi connectivity index (χ1v) is 10.3. The van der Waals surface area contributed by atoms with E-state index in [-0.39, 0.29) is 41.2 Å². The van der Waals surface area contributed by atoms with Crippen molar-refractivity contribution >= 4 is 22.8 Å². The molecule has 162 valence electrons. The first-order chi connectivity index (χ1) is 14.7. The fourth-order valence-corrected chi connectivity index (χ4v) is 3.79. The van der Waals surface area contributed by atoms with Gasteiger partial charge in [0, 0.05) is 23.2 Å². The predicted octanol–water partition coefficient (Wildman–Crippen LogP) is 4.57. The molecule has 0 saturated carbocycles. The number of rotatable bonds is 6. The van der Waals surface area contributed by atoms with Crippen LogP contribution in [0.4, 0.5) is 0 Å². The number of ether oxygens (including phenoxy) is 1. The van der Waals surface area contributed by atoms with E-state index < -0.39 is 5.97 Å². The molecule has 1 amide bonds. The van der Waals surface area contributed by atoms with Crippen molar-refractivity contribution in [3.8, 4) is 11.3 Å². The number of esters is 1. The number of carbonyl (C=O) groups excluding carboxylic acids is 2. The van der Waals surface area contributed by atoms with E-state index in [4.69, 9.17) is 9.15 Å². The molecule has 0 aliphatic rings. The highest BCUT2D eigenvalue weighted by molar-refractivity contribution is 6.02. The number of fused-ring (bicyclic) bond motifs is 1. The Morgan fingerprint density at radius 3 is 2.23 bits per heavy atom. The molecule has 0 fully saturated rings. The van der Waals surface area contributed by atoms with E-state index >= 15 is 0 Å². The van der Waals surface area contributed by atoms with Crippen LogP contribution in [-0.4, -0.2) is 35.5 Å². The SMILES string of the molecule is Cc1c(-c2ccccc2)oc2c(C(=O)OCC(=O)N(C(C)C)C(C)C)cccc2c1=O. The normalized spacial score (nSPS) is 11.2. The van der Waals surface area contributed by atoms with E-state index in [0.717, 1.165) is 5.56 Å². The van der Waals surface area contributed by atoms with E-state index in [0.29, 0.717) is 16.7 Å². The molecule has 3 rings (SSSR count). The Hall–Kier alpha value is -3.41. The van der Waals surface area contributed by atoms with Gasteiger partial charge in [0.15, 0.2) is 17.6 Å². The standard InChI is InChI=1S/C25H27NO5/c1-15(2)26(16(3)4)21(27)14-30-25(29)20-13-9-12-19-22(28)17(5)23(31-24(19)20)18-10-7-6-8-11-18/h6-13,15-16H,14H2,1-5H3. The molecule has 6 heteroatoms. The van der Waals surface area contributed by atoms with Crippen molar-refractivity contribution in [2.24, 2.45) is 0 Å². The minimum Gasteiger partial charge on any atom is -0.455 e. The summed E-state index contributed by atoms with van der Waals surface area (Å²) in [6, 6.07) is 14.0. The van der Waals surface area contributed by atoms with Crippen molar-refractivity contribution in [1.82, 2.24) is 4.90 Å². The molecule has 3 aromatic rings. The van der Waals surface area contributed by atoms with Crippen LogP contribution in [0.1, 0.15) is 43.6 Å². The van der Waals surface area contributed by atoms with Crippen LogP contribution >= 0.6 is 0 Å². The molecule has 0 spiro atoms. The third-order valence-electron chi connectivity index (χ3n) is 5.13. The molecule has 0 unspecified atom stereocenters. The smallest absolute Gasteiger partial charge is 0.342 e. The largest absolute Gasteiger partial charge is 0.455 e. The zero-order chi connectivity index (χ0) is 22.7. The van der Waals surface area contributed by atoms with Crippen LogP contribution in [0.5, 0.6) is 0 Å². The highest BCUT2D eigenvalue weighted by Gasteiger charge is 2.23. The average Bonchev–Trinajstić information content (AvgIpc) is 2.74. The molecular weight excluding hydrogens is 394 g/mol. The summed E-state index contributed by atoms with van der Waals surface area (Å²) in [5.74, 6) is -0.585. The van der Waals surface area contributed by atoms with Gasteiger partial charge in [0.1, 0.15) is 11.3 Å². The van der Waals surface area contributed by atoms with Crippen LogP contribution in [0.3, 0.4) is 0 Å². The maximum atomic E-state index is 12.9. The Bertz CT molecular complexity index is 1150. The summed E-state index contributed by atoms with van der Waals surface area (Å²) in [6.45, 7) is 8.95. The van der Waals surface area contributed by atoms with Crippen LogP contribution in [0.15, 0.2) is 57.7 Å². The molecule has 0 N–H and O–H groups in total. The van der Waals surface area contributed by atoms with E-state index in [1.54, 1.807) is 24.0 Å². The molecule has 0 bridgehead atoms. The second kappa shape index (κ2) is 9.16. The van der Waals surface area contributed by atoms with Crippen LogP contribution < -0.4 is 5.43 Å². The fraction of sp³-hybridized carbons (Fsp3) is 0.320. The lowest BCUT2D eigenvalue weighted by Crippen LogP contribution is -2.44. The van der Waals surface area contributed by atoms with Gasteiger partial charge in [-0.2, -0.15) is 0 Å². The average molecular weight is 421 g/mol. The van der Waals surface area contributed by atoms with Crippen molar-refractivity contribution in [2.45, 2.75) is 46.7 Å². The van der Waals surface area contributed by atoms with Gasteiger partial charge in [0.25, 0.3) is 5.91 Å². The number of amides is 1. The summed E-state index contributed by atoms with van der Waals surface area (Å²) in [7, 11) is 0. The second-order valence-electron chi connectivity index (χ2n) is 8.00. The van der Waals surface area contributed by atoms with Crippen LogP contribution in [-0.2, 0) is 9.53 Å². The number of nitrogens with zero attached hydrogens (tertiary/aromatic N) is 1. The zero-order valence-corrected chi connectivity index (χ0v) is 18.5. The molecule has 6 nitrogen and oxygen atoms in total. The van der Waals surface area contributed by atoms with Gasteiger partial charge in [-0.1, -0.05) is 36.4 Å². The maximum absolute atomic E-state index is 12.9. The predicted molar refractivity (Wildman–Crippen MR) is 120 cm³/mol. The first-order valence-electron chi connectivity index (χ1n) is 10.3. The fourth-order valence-electron chi connectivity index (χ4n) is 3.79. The molecule has 0 aliphatic heterocycles. The number of carbonyl (C=O) groups is 2. The topological polar surface area (TPSA) is 76.8 Å². The van der Waals surface area contributed by atoms with Crippen LogP contribution in [0.25, 0.3) is 22.3 Å². The monoisotopic (exact) mass is 421 g/mol. The van der Waals surface area contributed by atoms with Crippen molar-refractivity contribution < 1.29 is 18.7 Å². The second-order valence-corrected chi connectivity index (χ2v) is 8.00. The van der Waals surface area contributed by atoms with Gasteiger partial charge in [0.2, 0.25) is 0 Å². The van der Waals surface area contributed by atoms with Gasteiger partial charge in [-0.25, -0.2) is 4.79 Å². The number of para-hydroxylation sites is 1. The molecule has 0 radical (unpaired) electrons. The molecule has 1 heterocycles. The number of hydrogen-bond acceptors (Lipinski definition) is 5.